The van der Waals surface area contributed by atoms with Crippen molar-refractivity contribution < 1.29 is 12.9 Å². The third-order valence-corrected chi connectivity index (χ3v) is 7.68. The normalized spacial score (nSPS) is 16.0. The van der Waals surface area contributed by atoms with Crippen LogP contribution in [0.25, 0.3) is 22.3 Å². The Morgan fingerprint density at radius 1 is 0.969 bits per heavy atom. The Kier molecular flexibility index (Phi) is 5.38. The van der Waals surface area contributed by atoms with Crippen molar-refractivity contribution in [1.82, 2.24) is 24.3 Å². The summed E-state index contributed by atoms with van der Waals surface area (Å²) < 4.78 is 33.0. The molecule has 2 aromatic carbocycles. The molecule has 0 atom stereocenters. The Morgan fingerprint density at radius 2 is 1.69 bits per heavy atom. The molecule has 5 rings (SSSR count). The van der Waals surface area contributed by atoms with Gasteiger partial charge in [-0.15, -0.1) is 0 Å². The van der Waals surface area contributed by atoms with Crippen molar-refractivity contribution in [2.24, 2.45) is 0 Å². The number of aromatic amines is 2. The van der Waals surface area contributed by atoms with Gasteiger partial charge in [-0.1, -0.05) is 28.9 Å². The fourth-order valence-corrected chi connectivity index (χ4v) is 5.39. The minimum absolute atomic E-state index is 0.163. The van der Waals surface area contributed by atoms with E-state index in [4.69, 9.17) is 16.1 Å². The highest BCUT2D eigenvalue weighted by atomic mass is 35.5. The van der Waals surface area contributed by atoms with Crippen molar-refractivity contribution in [1.29, 1.82) is 0 Å². The molecule has 1 saturated heterocycles. The number of benzene rings is 2. The second-order valence-corrected chi connectivity index (χ2v) is 10.0. The maximum absolute atomic E-state index is 13.1. The first-order valence-electron chi connectivity index (χ1n) is 10.0. The van der Waals surface area contributed by atoms with Gasteiger partial charge in [-0.25, -0.2) is 13.2 Å². The first kappa shape index (κ1) is 21.0. The summed E-state index contributed by atoms with van der Waals surface area (Å²) in [5.41, 5.74) is 2.33. The number of imidazole rings is 1. The van der Waals surface area contributed by atoms with E-state index >= 15 is 0 Å². The van der Waals surface area contributed by atoms with Crippen LogP contribution < -0.4 is 5.69 Å². The minimum atomic E-state index is -3.65. The lowest BCUT2D eigenvalue weighted by atomic mass is 10.1. The molecule has 0 aliphatic carbocycles. The lowest BCUT2D eigenvalue weighted by molar-refractivity contribution is 0.166. The molecule has 0 amide bonds. The Bertz CT molecular complexity index is 1420. The van der Waals surface area contributed by atoms with Crippen molar-refractivity contribution in [2.45, 2.75) is 11.4 Å². The predicted octanol–water partition coefficient (Wildman–Crippen LogP) is 2.67. The lowest BCUT2D eigenvalue weighted by Gasteiger charge is -2.33. The van der Waals surface area contributed by atoms with Gasteiger partial charge in [-0.2, -0.15) is 4.31 Å². The topological polar surface area (TPSA) is 115 Å². The number of nitrogens with one attached hydrogen (secondary N) is 2. The first-order chi connectivity index (χ1) is 15.4. The molecule has 0 saturated carbocycles. The molecule has 0 bridgehead atoms. The zero-order valence-electron chi connectivity index (χ0n) is 16.9. The van der Waals surface area contributed by atoms with Crippen molar-refractivity contribution in [3.63, 3.8) is 0 Å². The number of hydrogen-bond acceptors (Lipinski definition) is 6. The largest absolute Gasteiger partial charge is 0.359 e. The summed E-state index contributed by atoms with van der Waals surface area (Å²) in [5, 5.41) is 4.78. The van der Waals surface area contributed by atoms with E-state index in [0.717, 1.165) is 11.3 Å². The standard InChI is InChI=1S/C21H20ClN5O4S/c22-15-3-1-14(2-4-15)19-11-16(31-25-19)13-26-7-9-27(10-8-26)32(29,30)17-5-6-18-20(12-17)24-21(28)23-18/h1-6,11-12H,7-10,13H2,(H2,23,24,28). The Balaban J connectivity index is 1.23. The van der Waals surface area contributed by atoms with E-state index in [-0.39, 0.29) is 10.6 Å². The SMILES string of the molecule is O=c1[nH]c2ccc(S(=O)(=O)N3CCN(Cc4cc(-c5ccc(Cl)cc5)no4)CC3)cc2[nH]1. The van der Waals surface area contributed by atoms with Gasteiger partial charge >= 0.3 is 5.69 Å². The highest BCUT2D eigenvalue weighted by Crippen LogP contribution is 2.24. The van der Waals surface area contributed by atoms with Crippen molar-refractivity contribution in [3.8, 4) is 11.3 Å². The van der Waals surface area contributed by atoms with Crippen molar-refractivity contribution in [3.05, 3.63) is 69.8 Å². The van der Waals surface area contributed by atoms with Crippen LogP contribution in [0.4, 0.5) is 0 Å². The van der Waals surface area contributed by atoms with E-state index in [1.54, 1.807) is 18.2 Å². The maximum Gasteiger partial charge on any atom is 0.323 e. The van der Waals surface area contributed by atoms with Gasteiger partial charge in [0.2, 0.25) is 10.0 Å². The molecule has 1 fully saturated rings. The fourth-order valence-electron chi connectivity index (χ4n) is 3.81. The van der Waals surface area contributed by atoms with Crippen LogP contribution in [0.15, 0.2) is 62.7 Å². The lowest BCUT2D eigenvalue weighted by Crippen LogP contribution is -2.48. The predicted molar refractivity (Wildman–Crippen MR) is 120 cm³/mol. The molecule has 32 heavy (non-hydrogen) atoms. The Morgan fingerprint density at radius 3 is 2.44 bits per heavy atom. The van der Waals surface area contributed by atoms with Crippen LogP contribution in [0, 0.1) is 0 Å². The van der Waals surface area contributed by atoms with Crippen LogP contribution in [-0.2, 0) is 16.6 Å². The number of nitrogens with zero attached hydrogens (tertiary/aromatic N) is 3. The molecule has 166 valence electrons. The molecule has 11 heteroatoms. The number of rotatable bonds is 5. The average Bonchev–Trinajstić information content (AvgIpc) is 3.39. The molecule has 4 aromatic rings. The van der Waals surface area contributed by atoms with Gasteiger partial charge < -0.3 is 14.5 Å². The Hall–Kier alpha value is -2.92. The summed E-state index contributed by atoms with van der Waals surface area (Å²) in [5.74, 6) is 0.716. The van der Waals surface area contributed by atoms with Gasteiger partial charge in [0.05, 0.1) is 22.5 Å². The third-order valence-electron chi connectivity index (χ3n) is 5.53. The van der Waals surface area contributed by atoms with Crippen LogP contribution in [0.3, 0.4) is 0 Å². The smallest absolute Gasteiger partial charge is 0.323 e. The molecule has 1 aliphatic heterocycles. The highest BCUT2D eigenvalue weighted by molar-refractivity contribution is 7.89. The summed E-state index contributed by atoms with van der Waals surface area (Å²) in [4.78, 5) is 18.9. The summed E-state index contributed by atoms with van der Waals surface area (Å²) in [7, 11) is -3.65. The summed E-state index contributed by atoms with van der Waals surface area (Å²) in [6, 6.07) is 13.9. The fraction of sp³-hybridized carbons (Fsp3) is 0.238. The summed E-state index contributed by atoms with van der Waals surface area (Å²) in [6.07, 6.45) is 0. The van der Waals surface area contributed by atoms with E-state index in [2.05, 4.69) is 20.0 Å². The number of aromatic nitrogens is 3. The summed E-state index contributed by atoms with van der Waals surface area (Å²) >= 11 is 5.93. The van der Waals surface area contributed by atoms with Gasteiger partial charge in [0, 0.05) is 42.8 Å². The molecule has 0 radical (unpaired) electrons. The van der Waals surface area contributed by atoms with E-state index in [0.29, 0.717) is 54.5 Å². The summed E-state index contributed by atoms with van der Waals surface area (Å²) in [6.45, 7) is 2.41. The Labute approximate surface area is 188 Å². The van der Waals surface area contributed by atoms with Gasteiger partial charge in [0.25, 0.3) is 0 Å². The van der Waals surface area contributed by atoms with E-state index in [9.17, 15) is 13.2 Å². The minimum Gasteiger partial charge on any atom is -0.359 e. The van der Waals surface area contributed by atoms with E-state index < -0.39 is 10.0 Å². The molecule has 1 aliphatic rings. The molecule has 2 N–H and O–H groups in total. The monoisotopic (exact) mass is 473 g/mol. The van der Waals surface area contributed by atoms with Crippen LogP contribution >= 0.6 is 11.6 Å². The molecular formula is C21H20ClN5O4S. The number of piperazine rings is 1. The van der Waals surface area contributed by atoms with Crippen molar-refractivity contribution >= 4 is 32.7 Å². The molecule has 3 heterocycles. The van der Waals surface area contributed by atoms with Crippen molar-refractivity contribution in [2.75, 3.05) is 26.2 Å². The van der Waals surface area contributed by atoms with Crippen LogP contribution in [0.5, 0.6) is 0 Å². The van der Waals surface area contributed by atoms with E-state index in [1.807, 2.05) is 18.2 Å². The number of fused-ring (bicyclic) bond motifs is 1. The molecule has 0 unspecified atom stereocenters. The second-order valence-electron chi connectivity index (χ2n) is 7.65. The maximum atomic E-state index is 13.1. The number of sulfonamides is 1. The first-order valence-corrected chi connectivity index (χ1v) is 11.9. The highest BCUT2D eigenvalue weighted by Gasteiger charge is 2.29. The number of H-pyrrole nitrogens is 2. The van der Waals surface area contributed by atoms with Crippen LogP contribution in [-0.4, -0.2) is 58.9 Å². The number of halogens is 1. The molecular weight excluding hydrogens is 454 g/mol. The van der Waals surface area contributed by atoms with Crippen LogP contribution in [0.2, 0.25) is 5.02 Å². The van der Waals surface area contributed by atoms with Crippen LogP contribution in [0.1, 0.15) is 5.76 Å². The van der Waals surface area contributed by atoms with Gasteiger partial charge in [-0.3, -0.25) is 4.90 Å². The van der Waals surface area contributed by atoms with E-state index in [1.165, 1.54) is 16.4 Å². The zero-order chi connectivity index (χ0) is 22.3. The molecule has 0 spiro atoms. The zero-order valence-corrected chi connectivity index (χ0v) is 18.5. The molecule has 9 nitrogen and oxygen atoms in total. The average molecular weight is 474 g/mol. The quantitative estimate of drug-likeness (QED) is 0.460. The van der Waals surface area contributed by atoms with Gasteiger partial charge in [0.15, 0.2) is 5.76 Å². The van der Waals surface area contributed by atoms with Gasteiger partial charge in [-0.05, 0) is 30.3 Å². The third kappa shape index (κ3) is 4.09. The molecule has 2 aromatic heterocycles. The number of hydrogen-bond donors (Lipinski definition) is 2. The van der Waals surface area contributed by atoms with Gasteiger partial charge in [0.1, 0.15) is 5.69 Å². The second kappa shape index (κ2) is 8.21.